The molecule has 1 amide bonds. The van der Waals surface area contributed by atoms with Crippen LogP contribution < -0.4 is 10.1 Å². The first-order chi connectivity index (χ1) is 12.0. The summed E-state index contributed by atoms with van der Waals surface area (Å²) in [6.07, 6.45) is 3.69. The minimum Gasteiger partial charge on any atom is -0.475 e. The van der Waals surface area contributed by atoms with Gasteiger partial charge in [-0.15, -0.1) is 0 Å². The Morgan fingerprint density at radius 2 is 2.20 bits per heavy atom. The topological polar surface area (TPSA) is 69.7 Å². The van der Waals surface area contributed by atoms with E-state index in [1.54, 1.807) is 13.2 Å². The van der Waals surface area contributed by atoms with Crippen LogP contribution in [0.1, 0.15) is 45.2 Å². The first-order valence-electron chi connectivity index (χ1n) is 9.05. The van der Waals surface area contributed by atoms with Crippen LogP contribution in [0.15, 0.2) is 12.1 Å². The third kappa shape index (κ3) is 5.16. The summed E-state index contributed by atoms with van der Waals surface area (Å²) in [4.78, 5) is 17.4. The maximum atomic E-state index is 13.0. The monoisotopic (exact) mass is 350 g/mol. The molecular formula is C19H30N2O4. The zero-order valence-corrected chi connectivity index (χ0v) is 15.8. The third-order valence-corrected chi connectivity index (χ3v) is 4.64. The molecule has 1 saturated carbocycles. The summed E-state index contributed by atoms with van der Waals surface area (Å²) in [6.45, 7) is 7.46. The molecule has 2 rings (SSSR count). The third-order valence-electron chi connectivity index (χ3n) is 4.64. The zero-order chi connectivity index (χ0) is 18.3. The Kier molecular flexibility index (Phi) is 7.20. The second-order valence-electron chi connectivity index (χ2n) is 6.71. The van der Waals surface area contributed by atoms with Crippen molar-refractivity contribution in [3.63, 3.8) is 0 Å². The number of pyridine rings is 1. The van der Waals surface area contributed by atoms with Gasteiger partial charge in [-0.25, -0.2) is 4.98 Å². The van der Waals surface area contributed by atoms with Crippen molar-refractivity contribution in [3.8, 4) is 5.88 Å². The second kappa shape index (κ2) is 9.15. The van der Waals surface area contributed by atoms with Crippen LogP contribution in [-0.4, -0.2) is 43.4 Å². The van der Waals surface area contributed by atoms with Gasteiger partial charge < -0.3 is 19.5 Å². The molecule has 1 fully saturated rings. The predicted molar refractivity (Wildman–Crippen MR) is 97.0 cm³/mol. The van der Waals surface area contributed by atoms with E-state index in [0.29, 0.717) is 37.3 Å². The van der Waals surface area contributed by atoms with Gasteiger partial charge in [0.1, 0.15) is 12.2 Å². The largest absolute Gasteiger partial charge is 0.475 e. The number of carbonyl (C=O) groups excluding carboxylic acids is 1. The molecule has 1 aromatic rings. The summed E-state index contributed by atoms with van der Waals surface area (Å²) in [5.74, 6) is 0.944. The number of ether oxygens (including phenoxy) is 3. The van der Waals surface area contributed by atoms with Gasteiger partial charge in [-0.1, -0.05) is 13.3 Å². The fourth-order valence-electron chi connectivity index (χ4n) is 3.40. The van der Waals surface area contributed by atoms with Gasteiger partial charge >= 0.3 is 0 Å². The predicted octanol–water partition coefficient (Wildman–Crippen LogP) is 3.34. The standard InChI is InChI=1S/C19H30N2O4/c1-5-25-19(10-6-7-14(2)13-19)18(22)21-16-8-9-17(20-15(16)3)24-12-11-23-4/h8-9,14H,5-7,10-13H2,1-4H3,(H,21,22)/t14-,19+/m1/s1. The van der Waals surface area contributed by atoms with Gasteiger partial charge in [0, 0.05) is 19.8 Å². The van der Waals surface area contributed by atoms with E-state index in [9.17, 15) is 4.79 Å². The van der Waals surface area contributed by atoms with Gasteiger partial charge in [-0.3, -0.25) is 4.79 Å². The summed E-state index contributed by atoms with van der Waals surface area (Å²) >= 11 is 0. The van der Waals surface area contributed by atoms with Crippen molar-refractivity contribution < 1.29 is 19.0 Å². The first-order valence-corrected chi connectivity index (χ1v) is 9.05. The molecule has 6 heteroatoms. The van der Waals surface area contributed by atoms with Crippen LogP contribution in [0.25, 0.3) is 0 Å². The number of amides is 1. The number of anilines is 1. The van der Waals surface area contributed by atoms with Crippen molar-refractivity contribution in [2.75, 3.05) is 32.2 Å². The normalized spacial score (nSPS) is 23.3. The van der Waals surface area contributed by atoms with Crippen LogP contribution in [0.3, 0.4) is 0 Å². The Hall–Kier alpha value is -1.66. The van der Waals surface area contributed by atoms with Crippen molar-refractivity contribution in [1.82, 2.24) is 4.98 Å². The van der Waals surface area contributed by atoms with Crippen LogP contribution in [0.5, 0.6) is 5.88 Å². The summed E-state index contributed by atoms with van der Waals surface area (Å²) in [5, 5.41) is 3.01. The number of carbonyl (C=O) groups is 1. The Balaban J connectivity index is 2.07. The highest BCUT2D eigenvalue weighted by molar-refractivity contribution is 5.97. The molecule has 0 spiro atoms. The molecule has 1 aromatic heterocycles. The van der Waals surface area contributed by atoms with Crippen molar-refractivity contribution in [2.24, 2.45) is 5.92 Å². The number of aromatic nitrogens is 1. The molecule has 140 valence electrons. The highest BCUT2D eigenvalue weighted by atomic mass is 16.5. The first kappa shape index (κ1) is 19.7. The molecule has 1 aliphatic carbocycles. The van der Waals surface area contributed by atoms with Gasteiger partial charge in [0.2, 0.25) is 5.88 Å². The number of rotatable bonds is 8. The number of aryl methyl sites for hydroxylation is 1. The van der Waals surface area contributed by atoms with Gasteiger partial charge in [0.05, 0.1) is 18.0 Å². The zero-order valence-electron chi connectivity index (χ0n) is 15.8. The van der Waals surface area contributed by atoms with Crippen LogP contribution in [-0.2, 0) is 14.3 Å². The SMILES string of the molecule is CCO[C@@]1(C(=O)Nc2ccc(OCCOC)nc2C)CCC[C@@H](C)C1. The van der Waals surface area contributed by atoms with Crippen molar-refractivity contribution in [3.05, 3.63) is 17.8 Å². The summed E-state index contributed by atoms with van der Waals surface area (Å²) in [7, 11) is 1.63. The summed E-state index contributed by atoms with van der Waals surface area (Å²) in [5.41, 5.74) is 0.687. The minimum atomic E-state index is -0.730. The maximum Gasteiger partial charge on any atom is 0.256 e. The van der Waals surface area contributed by atoms with Crippen LogP contribution in [0.4, 0.5) is 5.69 Å². The molecule has 0 saturated heterocycles. The Bertz CT molecular complexity index is 575. The summed E-state index contributed by atoms with van der Waals surface area (Å²) < 4.78 is 16.4. The van der Waals surface area contributed by atoms with Crippen molar-refractivity contribution in [1.29, 1.82) is 0 Å². The number of nitrogens with zero attached hydrogens (tertiary/aromatic N) is 1. The maximum absolute atomic E-state index is 13.0. The molecule has 0 unspecified atom stereocenters. The van der Waals surface area contributed by atoms with E-state index in [1.165, 1.54) is 0 Å². The smallest absolute Gasteiger partial charge is 0.256 e. The molecular weight excluding hydrogens is 320 g/mol. The van der Waals surface area contributed by atoms with E-state index < -0.39 is 5.60 Å². The lowest BCUT2D eigenvalue weighted by atomic mass is 9.78. The highest BCUT2D eigenvalue weighted by Crippen LogP contribution is 2.36. The fourth-order valence-corrected chi connectivity index (χ4v) is 3.40. The van der Waals surface area contributed by atoms with Crippen molar-refractivity contribution in [2.45, 2.75) is 52.1 Å². The highest BCUT2D eigenvalue weighted by Gasteiger charge is 2.42. The van der Waals surface area contributed by atoms with Crippen molar-refractivity contribution >= 4 is 11.6 Å². The van der Waals surface area contributed by atoms with Gasteiger partial charge in [-0.2, -0.15) is 0 Å². The van der Waals surface area contributed by atoms with E-state index in [4.69, 9.17) is 14.2 Å². The molecule has 6 nitrogen and oxygen atoms in total. The quantitative estimate of drug-likeness (QED) is 0.728. The molecule has 0 bridgehead atoms. The molecule has 0 aromatic carbocycles. The minimum absolute atomic E-state index is 0.0705. The lowest BCUT2D eigenvalue weighted by molar-refractivity contribution is -0.147. The average molecular weight is 350 g/mol. The molecule has 2 atom stereocenters. The number of hydrogen-bond donors (Lipinski definition) is 1. The lowest BCUT2D eigenvalue weighted by Gasteiger charge is -2.38. The van der Waals surface area contributed by atoms with Crippen LogP contribution >= 0.6 is 0 Å². The fraction of sp³-hybridized carbons (Fsp3) is 0.684. The Labute approximate surface area is 150 Å². The molecule has 1 aliphatic rings. The lowest BCUT2D eigenvalue weighted by Crippen LogP contribution is -2.48. The Morgan fingerprint density at radius 3 is 2.84 bits per heavy atom. The average Bonchev–Trinajstić information content (AvgIpc) is 2.57. The molecule has 1 N–H and O–H groups in total. The van der Waals surface area contributed by atoms with E-state index in [1.807, 2.05) is 19.9 Å². The van der Waals surface area contributed by atoms with Gasteiger partial charge in [0.15, 0.2) is 0 Å². The number of hydrogen-bond acceptors (Lipinski definition) is 5. The van der Waals surface area contributed by atoms with E-state index in [2.05, 4.69) is 17.2 Å². The van der Waals surface area contributed by atoms with Crippen LogP contribution in [0.2, 0.25) is 0 Å². The molecule has 1 heterocycles. The molecule has 25 heavy (non-hydrogen) atoms. The molecule has 0 radical (unpaired) electrons. The Morgan fingerprint density at radius 1 is 1.40 bits per heavy atom. The van der Waals surface area contributed by atoms with E-state index >= 15 is 0 Å². The van der Waals surface area contributed by atoms with Gasteiger partial charge in [0.25, 0.3) is 5.91 Å². The molecule has 0 aliphatic heterocycles. The van der Waals surface area contributed by atoms with E-state index in [0.717, 1.165) is 31.4 Å². The van der Waals surface area contributed by atoms with Gasteiger partial charge in [-0.05, 0) is 45.1 Å². The van der Waals surface area contributed by atoms with E-state index in [-0.39, 0.29) is 5.91 Å². The van der Waals surface area contributed by atoms with Crippen LogP contribution in [0, 0.1) is 12.8 Å². The second-order valence-corrected chi connectivity index (χ2v) is 6.71. The summed E-state index contributed by atoms with van der Waals surface area (Å²) in [6, 6.07) is 3.59. The number of methoxy groups -OCH3 is 1. The number of nitrogens with one attached hydrogen (secondary N) is 1.